The number of pyridine rings is 1. The van der Waals surface area contributed by atoms with Gasteiger partial charge in [0.15, 0.2) is 0 Å². The molecule has 1 aromatic carbocycles. The van der Waals surface area contributed by atoms with Crippen LogP contribution in [0.15, 0.2) is 41.2 Å². The molecule has 1 unspecified atom stereocenters. The summed E-state index contributed by atoms with van der Waals surface area (Å²) in [7, 11) is 0. The lowest BCUT2D eigenvalue weighted by molar-refractivity contribution is 0.0941. The zero-order valence-electron chi connectivity index (χ0n) is 14.7. The van der Waals surface area contributed by atoms with E-state index in [9.17, 15) is 9.59 Å². The van der Waals surface area contributed by atoms with Gasteiger partial charge < -0.3 is 10.3 Å². The molecule has 2 heterocycles. The van der Waals surface area contributed by atoms with Crippen LogP contribution in [-0.4, -0.2) is 27.2 Å². The van der Waals surface area contributed by atoms with Gasteiger partial charge in [-0.25, -0.2) is 0 Å². The molecule has 1 atom stereocenters. The smallest absolute Gasteiger partial charge is 0.267 e. The van der Waals surface area contributed by atoms with Crippen molar-refractivity contribution in [1.82, 2.24) is 20.1 Å². The first-order valence-electron chi connectivity index (χ1n) is 8.35. The van der Waals surface area contributed by atoms with Gasteiger partial charge in [-0.3, -0.25) is 14.3 Å². The molecule has 6 heteroatoms. The maximum absolute atomic E-state index is 12.4. The molecule has 0 aliphatic rings. The molecule has 6 nitrogen and oxygen atoms in total. The highest BCUT2D eigenvalue weighted by molar-refractivity contribution is 5.96. The van der Waals surface area contributed by atoms with E-state index in [0.29, 0.717) is 11.9 Å². The number of amides is 1. The predicted octanol–water partition coefficient (Wildman–Crippen LogP) is 2.41. The number of nitrogens with zero attached hydrogens (tertiary/aromatic N) is 2. The molecule has 130 valence electrons. The Morgan fingerprint density at radius 2 is 2.04 bits per heavy atom. The second-order valence-electron chi connectivity index (χ2n) is 6.52. The van der Waals surface area contributed by atoms with E-state index in [2.05, 4.69) is 22.3 Å². The van der Waals surface area contributed by atoms with Crippen molar-refractivity contribution in [2.75, 3.05) is 6.54 Å². The van der Waals surface area contributed by atoms with Crippen molar-refractivity contribution < 1.29 is 4.79 Å². The Morgan fingerprint density at radius 1 is 1.28 bits per heavy atom. The molecular formula is C19H22N4O2. The van der Waals surface area contributed by atoms with Gasteiger partial charge in [0, 0.05) is 24.2 Å². The number of aromatic nitrogens is 3. The van der Waals surface area contributed by atoms with Crippen LogP contribution in [0.25, 0.3) is 10.8 Å². The summed E-state index contributed by atoms with van der Waals surface area (Å²) >= 11 is 0. The van der Waals surface area contributed by atoms with Crippen LogP contribution in [0.5, 0.6) is 0 Å². The number of rotatable bonds is 5. The monoisotopic (exact) mass is 338 g/mol. The van der Waals surface area contributed by atoms with Gasteiger partial charge in [-0.1, -0.05) is 25.1 Å². The number of nitrogens with one attached hydrogen (secondary N) is 2. The number of carbonyl (C=O) groups excluding carboxylic acids is 1. The van der Waals surface area contributed by atoms with Gasteiger partial charge >= 0.3 is 0 Å². The van der Waals surface area contributed by atoms with Gasteiger partial charge in [0.1, 0.15) is 5.69 Å². The van der Waals surface area contributed by atoms with Crippen LogP contribution in [-0.2, 0) is 6.54 Å². The maximum Gasteiger partial charge on any atom is 0.267 e. The molecule has 0 bridgehead atoms. The van der Waals surface area contributed by atoms with Crippen molar-refractivity contribution >= 4 is 16.7 Å². The summed E-state index contributed by atoms with van der Waals surface area (Å²) in [5, 5.41) is 8.66. The van der Waals surface area contributed by atoms with E-state index in [4.69, 9.17) is 0 Å². The Hall–Kier alpha value is -2.89. The number of benzene rings is 1. The topological polar surface area (TPSA) is 79.8 Å². The van der Waals surface area contributed by atoms with E-state index in [1.165, 1.54) is 0 Å². The second-order valence-corrected chi connectivity index (χ2v) is 6.52. The lowest BCUT2D eigenvalue weighted by Crippen LogP contribution is -2.32. The van der Waals surface area contributed by atoms with Crippen LogP contribution in [0.2, 0.25) is 0 Å². The average Bonchev–Trinajstić information content (AvgIpc) is 2.89. The minimum absolute atomic E-state index is 0.217. The van der Waals surface area contributed by atoms with E-state index in [1.54, 1.807) is 18.2 Å². The molecule has 3 rings (SSSR count). The summed E-state index contributed by atoms with van der Waals surface area (Å²) in [6.07, 6.45) is 0. The highest BCUT2D eigenvalue weighted by Gasteiger charge is 2.12. The van der Waals surface area contributed by atoms with Crippen molar-refractivity contribution in [3.8, 4) is 0 Å². The molecule has 0 radical (unpaired) electrons. The maximum atomic E-state index is 12.4. The average molecular weight is 338 g/mol. The van der Waals surface area contributed by atoms with Gasteiger partial charge in [-0.15, -0.1) is 0 Å². The Kier molecular flexibility index (Phi) is 4.70. The largest absolute Gasteiger partial charge is 0.350 e. The van der Waals surface area contributed by atoms with Gasteiger partial charge in [0.25, 0.3) is 11.5 Å². The van der Waals surface area contributed by atoms with Crippen LogP contribution in [0.4, 0.5) is 0 Å². The van der Waals surface area contributed by atoms with Gasteiger partial charge in [0.2, 0.25) is 0 Å². The summed E-state index contributed by atoms with van der Waals surface area (Å²) in [4.78, 5) is 27.1. The van der Waals surface area contributed by atoms with Gasteiger partial charge in [-0.2, -0.15) is 5.10 Å². The highest BCUT2D eigenvalue weighted by Crippen LogP contribution is 2.10. The molecule has 0 aliphatic heterocycles. The third kappa shape index (κ3) is 3.79. The van der Waals surface area contributed by atoms with Crippen LogP contribution in [0.3, 0.4) is 0 Å². The lowest BCUT2D eigenvalue weighted by atomic mass is 10.1. The predicted molar refractivity (Wildman–Crippen MR) is 97.8 cm³/mol. The minimum Gasteiger partial charge on any atom is -0.350 e. The Labute approximate surface area is 145 Å². The van der Waals surface area contributed by atoms with Crippen molar-refractivity contribution in [3.63, 3.8) is 0 Å². The van der Waals surface area contributed by atoms with Crippen LogP contribution >= 0.6 is 0 Å². The number of carbonyl (C=O) groups is 1. The fourth-order valence-corrected chi connectivity index (χ4v) is 2.91. The summed E-state index contributed by atoms with van der Waals surface area (Å²) in [6.45, 7) is 7.28. The molecule has 0 fully saturated rings. The molecule has 0 aliphatic carbocycles. The molecule has 2 N–H and O–H groups in total. The van der Waals surface area contributed by atoms with E-state index in [1.807, 2.05) is 36.7 Å². The summed E-state index contributed by atoms with van der Waals surface area (Å²) < 4.78 is 1.95. The van der Waals surface area contributed by atoms with Crippen LogP contribution < -0.4 is 10.9 Å². The number of H-pyrrole nitrogens is 1. The zero-order valence-corrected chi connectivity index (χ0v) is 14.7. The van der Waals surface area contributed by atoms with E-state index in [-0.39, 0.29) is 23.1 Å². The van der Waals surface area contributed by atoms with Gasteiger partial charge in [-0.05, 0) is 43.4 Å². The molecule has 1 amide bonds. The molecule has 3 aromatic rings. The fraction of sp³-hybridized carbons (Fsp3) is 0.316. The highest BCUT2D eigenvalue weighted by atomic mass is 16.2. The van der Waals surface area contributed by atoms with E-state index >= 15 is 0 Å². The summed E-state index contributed by atoms with van der Waals surface area (Å²) in [5.41, 5.74) is 2.12. The Bertz CT molecular complexity index is 971. The van der Waals surface area contributed by atoms with Gasteiger partial charge in [0.05, 0.1) is 5.69 Å². The Balaban J connectivity index is 1.66. The number of aryl methyl sites for hydroxylation is 2. The fourth-order valence-electron chi connectivity index (χ4n) is 2.91. The molecule has 0 saturated carbocycles. The minimum atomic E-state index is -0.275. The third-order valence-electron chi connectivity index (χ3n) is 4.20. The van der Waals surface area contributed by atoms with Crippen LogP contribution in [0.1, 0.15) is 28.8 Å². The number of aromatic amines is 1. The quantitative estimate of drug-likeness (QED) is 0.750. The normalized spacial score (nSPS) is 12.3. The number of hydrogen-bond acceptors (Lipinski definition) is 3. The van der Waals surface area contributed by atoms with Crippen molar-refractivity contribution in [2.45, 2.75) is 27.3 Å². The van der Waals surface area contributed by atoms with E-state index < -0.39 is 0 Å². The molecule has 2 aromatic heterocycles. The first-order valence-corrected chi connectivity index (χ1v) is 8.35. The second kappa shape index (κ2) is 6.93. The van der Waals surface area contributed by atoms with Crippen LogP contribution in [0, 0.1) is 19.8 Å². The standard InChI is InChI=1S/C19H22N4O2/c1-12(11-23-14(3)8-13(2)22-23)10-20-19(25)17-9-15-6-4-5-7-16(15)18(24)21-17/h4-9,12H,10-11H2,1-3H3,(H,20,25)(H,21,24). The molecule has 0 spiro atoms. The van der Waals surface area contributed by atoms with Crippen molar-refractivity contribution in [3.05, 3.63) is 63.8 Å². The van der Waals surface area contributed by atoms with Crippen molar-refractivity contribution in [2.24, 2.45) is 5.92 Å². The SMILES string of the molecule is Cc1cc(C)n(CC(C)CNC(=O)c2cc3ccccc3c(=O)[nH]2)n1. The Morgan fingerprint density at radius 3 is 2.76 bits per heavy atom. The number of hydrogen-bond donors (Lipinski definition) is 2. The molecular weight excluding hydrogens is 316 g/mol. The third-order valence-corrected chi connectivity index (χ3v) is 4.20. The van der Waals surface area contributed by atoms with E-state index in [0.717, 1.165) is 23.3 Å². The molecule has 0 saturated heterocycles. The lowest BCUT2D eigenvalue weighted by Gasteiger charge is -2.14. The molecule has 25 heavy (non-hydrogen) atoms. The zero-order chi connectivity index (χ0) is 18.0. The number of fused-ring (bicyclic) bond motifs is 1. The summed E-state index contributed by atoms with van der Waals surface area (Å²) in [6, 6.07) is 11.0. The van der Waals surface area contributed by atoms with Crippen molar-refractivity contribution in [1.29, 1.82) is 0 Å². The summed E-state index contributed by atoms with van der Waals surface area (Å²) in [5.74, 6) is -0.0581. The first kappa shape index (κ1) is 17.0. The first-order chi connectivity index (χ1) is 11.9.